The van der Waals surface area contributed by atoms with E-state index in [1.165, 1.54) is 18.2 Å². The SMILES string of the molecule is Cc1cc(C2=NOC(c3cc(Cl)cc(Cl)c3)(C(F)(F)F)C2)ccc1CN=S(C)(=O)c1c(C)cccc1C. The van der Waals surface area contributed by atoms with E-state index in [1.807, 2.05) is 39.0 Å². The predicted octanol–water partition coefficient (Wildman–Crippen LogP) is 8.16. The summed E-state index contributed by atoms with van der Waals surface area (Å²) in [5.41, 5.74) is 1.16. The number of hydrogen-bond donors (Lipinski definition) is 0. The first-order valence-corrected chi connectivity index (χ1v) is 14.0. The molecule has 3 aromatic rings. The van der Waals surface area contributed by atoms with Crippen molar-refractivity contribution in [1.82, 2.24) is 0 Å². The van der Waals surface area contributed by atoms with Crippen LogP contribution in [0, 0.1) is 20.8 Å². The topological polar surface area (TPSA) is 51.0 Å². The van der Waals surface area contributed by atoms with Gasteiger partial charge in [0.1, 0.15) is 0 Å². The minimum Gasteiger partial charge on any atom is -0.374 e. The largest absolute Gasteiger partial charge is 0.435 e. The summed E-state index contributed by atoms with van der Waals surface area (Å²) < 4.78 is 60.8. The zero-order valence-corrected chi connectivity index (χ0v) is 22.9. The van der Waals surface area contributed by atoms with E-state index in [0.29, 0.717) is 5.56 Å². The molecular weight excluding hydrogens is 544 g/mol. The van der Waals surface area contributed by atoms with Crippen molar-refractivity contribution in [3.8, 4) is 0 Å². The Balaban J connectivity index is 1.62. The number of nitrogens with zero attached hydrogens (tertiary/aromatic N) is 2. The van der Waals surface area contributed by atoms with Gasteiger partial charge in [-0.3, -0.25) is 0 Å². The Hall–Kier alpha value is -2.55. The first kappa shape index (κ1) is 27.5. The molecule has 4 rings (SSSR count). The minimum atomic E-state index is -4.77. The highest BCUT2D eigenvalue weighted by Crippen LogP contribution is 2.49. The lowest BCUT2D eigenvalue weighted by Gasteiger charge is -2.29. The maximum Gasteiger partial charge on any atom is 0.435 e. The molecule has 0 saturated heterocycles. The zero-order chi connectivity index (χ0) is 27.2. The molecule has 2 atom stereocenters. The number of hydrogen-bond acceptors (Lipinski definition) is 4. The van der Waals surface area contributed by atoms with Gasteiger partial charge < -0.3 is 4.84 Å². The third kappa shape index (κ3) is 5.38. The lowest BCUT2D eigenvalue weighted by Crippen LogP contribution is -2.42. The van der Waals surface area contributed by atoms with Crippen molar-refractivity contribution in [2.45, 2.75) is 50.4 Å². The third-order valence-electron chi connectivity index (χ3n) is 6.46. The van der Waals surface area contributed by atoms with E-state index in [9.17, 15) is 17.4 Å². The predicted molar refractivity (Wildman–Crippen MR) is 142 cm³/mol. The summed E-state index contributed by atoms with van der Waals surface area (Å²) in [6.07, 6.45) is -3.68. The quantitative estimate of drug-likeness (QED) is 0.311. The average Bonchev–Trinajstić information content (AvgIpc) is 3.24. The van der Waals surface area contributed by atoms with Crippen molar-refractivity contribution in [3.63, 3.8) is 0 Å². The van der Waals surface area contributed by atoms with Crippen molar-refractivity contribution in [3.05, 3.63) is 98.0 Å². The molecule has 0 N–H and O–H groups in total. The Kier molecular flexibility index (Phi) is 7.40. The zero-order valence-electron chi connectivity index (χ0n) is 20.6. The Bertz CT molecular complexity index is 1490. The Labute approximate surface area is 224 Å². The van der Waals surface area contributed by atoms with Gasteiger partial charge in [-0.05, 0) is 72.9 Å². The van der Waals surface area contributed by atoms with Gasteiger partial charge in [0.2, 0.25) is 0 Å². The van der Waals surface area contributed by atoms with E-state index in [4.69, 9.17) is 28.0 Å². The normalized spacial score (nSPS) is 19.2. The molecule has 0 saturated carbocycles. The van der Waals surface area contributed by atoms with Crippen molar-refractivity contribution in [2.75, 3.05) is 6.26 Å². The molecule has 3 aromatic carbocycles. The summed E-state index contributed by atoms with van der Waals surface area (Å²) in [4.78, 5) is 5.82. The van der Waals surface area contributed by atoms with E-state index in [0.717, 1.165) is 27.1 Å². The molecule has 0 amide bonds. The summed E-state index contributed by atoms with van der Waals surface area (Å²) >= 11 is 12.0. The van der Waals surface area contributed by atoms with Gasteiger partial charge in [0, 0.05) is 28.3 Å². The molecule has 0 fully saturated rings. The number of alkyl halides is 3. The maximum atomic E-state index is 14.3. The number of oxime groups is 1. The first-order valence-electron chi connectivity index (χ1n) is 11.4. The van der Waals surface area contributed by atoms with Crippen molar-refractivity contribution < 1.29 is 22.2 Å². The van der Waals surface area contributed by atoms with Gasteiger partial charge in [0.25, 0.3) is 5.60 Å². The molecule has 10 heteroatoms. The van der Waals surface area contributed by atoms with Crippen LogP contribution in [0.25, 0.3) is 0 Å². The fourth-order valence-corrected chi connectivity index (χ4v) is 6.92. The number of halogens is 5. The van der Waals surface area contributed by atoms with Crippen LogP contribution in [-0.4, -0.2) is 22.4 Å². The Morgan fingerprint density at radius 1 is 1.00 bits per heavy atom. The van der Waals surface area contributed by atoms with Gasteiger partial charge in [0.15, 0.2) is 0 Å². The van der Waals surface area contributed by atoms with Crippen LogP contribution in [0.3, 0.4) is 0 Å². The van der Waals surface area contributed by atoms with E-state index in [2.05, 4.69) is 9.52 Å². The monoisotopic (exact) mass is 568 g/mol. The van der Waals surface area contributed by atoms with Crippen LogP contribution in [0.5, 0.6) is 0 Å². The lowest BCUT2D eigenvalue weighted by atomic mass is 9.86. The van der Waals surface area contributed by atoms with Crippen LogP contribution < -0.4 is 0 Å². The summed E-state index contributed by atoms with van der Waals surface area (Å²) in [6, 6.07) is 14.6. The molecule has 0 bridgehead atoms. The standard InChI is InChI=1S/C27H25Cl2F3N2O2S/c1-16-6-5-7-17(2)25(16)37(4,35)33-15-20-9-8-19(10-18(20)3)24-14-26(36-34-24,27(30,31)32)21-11-22(28)13-23(29)12-21/h5-13H,14-15H2,1-4H3. The van der Waals surface area contributed by atoms with Gasteiger partial charge >= 0.3 is 6.18 Å². The molecule has 196 valence electrons. The van der Waals surface area contributed by atoms with E-state index in [-0.39, 0.29) is 27.9 Å². The average molecular weight is 569 g/mol. The molecule has 2 unspecified atom stereocenters. The van der Waals surface area contributed by atoms with Crippen molar-refractivity contribution in [1.29, 1.82) is 0 Å². The highest BCUT2D eigenvalue weighted by Gasteiger charge is 2.62. The number of benzene rings is 3. The number of rotatable bonds is 5. The molecule has 37 heavy (non-hydrogen) atoms. The van der Waals surface area contributed by atoms with Crippen LogP contribution in [0.2, 0.25) is 10.0 Å². The minimum absolute atomic E-state index is 0.0699. The molecule has 0 aromatic heterocycles. The third-order valence-corrected chi connectivity index (χ3v) is 8.92. The van der Waals surface area contributed by atoms with Crippen LogP contribution in [-0.2, 0) is 26.7 Å². The summed E-state index contributed by atoms with van der Waals surface area (Å²) in [7, 11) is -2.65. The molecule has 0 aliphatic carbocycles. The molecule has 1 aliphatic heterocycles. The fourth-order valence-electron chi connectivity index (χ4n) is 4.55. The smallest absolute Gasteiger partial charge is 0.374 e. The Morgan fingerprint density at radius 3 is 2.19 bits per heavy atom. The second-order valence-corrected chi connectivity index (χ2v) is 12.4. The van der Waals surface area contributed by atoms with Gasteiger partial charge in [-0.15, -0.1) is 0 Å². The van der Waals surface area contributed by atoms with Crippen molar-refractivity contribution >= 4 is 38.6 Å². The number of aryl methyl sites for hydroxylation is 3. The molecular formula is C27H25Cl2F3N2O2S. The molecule has 1 aliphatic rings. The first-order chi connectivity index (χ1) is 17.2. The van der Waals surface area contributed by atoms with Gasteiger partial charge in [0.05, 0.1) is 26.9 Å². The fraction of sp³-hybridized carbons (Fsp3) is 0.296. The van der Waals surface area contributed by atoms with Crippen LogP contribution >= 0.6 is 23.2 Å². The van der Waals surface area contributed by atoms with Crippen LogP contribution in [0.15, 0.2) is 69.0 Å². The van der Waals surface area contributed by atoms with Gasteiger partial charge in [-0.2, -0.15) is 13.2 Å². The Morgan fingerprint density at radius 2 is 1.62 bits per heavy atom. The van der Waals surface area contributed by atoms with E-state index >= 15 is 0 Å². The van der Waals surface area contributed by atoms with E-state index in [1.54, 1.807) is 24.5 Å². The molecule has 4 nitrogen and oxygen atoms in total. The molecule has 0 radical (unpaired) electrons. The highest BCUT2D eigenvalue weighted by atomic mass is 35.5. The summed E-state index contributed by atoms with van der Waals surface area (Å²) in [6.45, 7) is 5.84. The second kappa shape index (κ2) is 9.97. The molecule has 1 heterocycles. The van der Waals surface area contributed by atoms with Crippen LogP contribution in [0.1, 0.15) is 39.8 Å². The molecule has 0 spiro atoms. The van der Waals surface area contributed by atoms with E-state index < -0.39 is 27.9 Å². The van der Waals surface area contributed by atoms with Crippen molar-refractivity contribution in [2.24, 2.45) is 9.52 Å². The maximum absolute atomic E-state index is 14.3. The van der Waals surface area contributed by atoms with Gasteiger partial charge in [-0.1, -0.05) is 58.7 Å². The summed E-state index contributed by atoms with van der Waals surface area (Å²) in [5.74, 6) is 0. The van der Waals surface area contributed by atoms with Gasteiger partial charge in [-0.25, -0.2) is 8.57 Å². The highest BCUT2D eigenvalue weighted by molar-refractivity contribution is 7.93. The summed E-state index contributed by atoms with van der Waals surface area (Å²) in [5, 5.41) is 3.96. The second-order valence-electron chi connectivity index (χ2n) is 9.24. The lowest BCUT2D eigenvalue weighted by molar-refractivity contribution is -0.275. The van der Waals surface area contributed by atoms with Crippen LogP contribution in [0.4, 0.5) is 13.2 Å².